The van der Waals surface area contributed by atoms with Crippen LogP contribution in [0.5, 0.6) is 0 Å². The number of aliphatic carboxylic acids is 1. The highest BCUT2D eigenvalue weighted by Gasteiger charge is 2.00. The van der Waals surface area contributed by atoms with Crippen molar-refractivity contribution in [3.05, 3.63) is 0 Å². The van der Waals surface area contributed by atoms with E-state index in [9.17, 15) is 4.79 Å². The molecule has 2 atom stereocenters. The molecule has 0 aromatic heterocycles. The Morgan fingerprint density at radius 1 is 1.13 bits per heavy atom. The monoisotopic (exact) mass is 217 g/mol. The Kier molecular flexibility index (Phi) is 12.9. The van der Waals surface area contributed by atoms with E-state index in [1.807, 2.05) is 6.92 Å². The van der Waals surface area contributed by atoms with Crippen molar-refractivity contribution in [2.24, 2.45) is 0 Å². The van der Waals surface area contributed by atoms with Crippen molar-refractivity contribution in [1.82, 2.24) is 5.32 Å². The zero-order chi connectivity index (χ0) is 12.3. The number of carbonyl (C=O) groups is 1. The van der Waals surface area contributed by atoms with Crippen molar-refractivity contribution in [2.75, 3.05) is 0 Å². The van der Waals surface area contributed by atoms with Crippen LogP contribution in [0.2, 0.25) is 0 Å². The SMILES string of the molecule is CCC(C)NC(C)CC.CCCC(=O)O. The Hall–Kier alpha value is -0.570. The molecule has 0 aromatic carbocycles. The van der Waals surface area contributed by atoms with E-state index in [0.717, 1.165) is 6.42 Å². The molecule has 0 heterocycles. The highest BCUT2D eigenvalue weighted by Crippen LogP contribution is 1.93. The minimum Gasteiger partial charge on any atom is -0.481 e. The number of carboxylic acid groups (broad SMARTS) is 1. The fraction of sp³-hybridized carbons (Fsp3) is 0.917. The molecular formula is C12H27NO2. The number of carboxylic acids is 1. The van der Waals surface area contributed by atoms with Crippen molar-refractivity contribution in [1.29, 1.82) is 0 Å². The third kappa shape index (κ3) is 16.1. The topological polar surface area (TPSA) is 49.3 Å². The molecule has 2 N–H and O–H groups in total. The summed E-state index contributed by atoms with van der Waals surface area (Å²) in [6.07, 6.45) is 3.48. The van der Waals surface area contributed by atoms with E-state index in [4.69, 9.17) is 5.11 Å². The van der Waals surface area contributed by atoms with Gasteiger partial charge in [0.2, 0.25) is 0 Å². The van der Waals surface area contributed by atoms with Crippen LogP contribution in [0.1, 0.15) is 60.3 Å². The lowest BCUT2D eigenvalue weighted by atomic mass is 10.2. The fourth-order valence-electron chi connectivity index (χ4n) is 0.935. The van der Waals surface area contributed by atoms with E-state index in [1.54, 1.807) is 0 Å². The maximum absolute atomic E-state index is 9.60. The van der Waals surface area contributed by atoms with Crippen molar-refractivity contribution in [2.45, 2.75) is 72.4 Å². The second-order valence-corrected chi connectivity index (χ2v) is 3.93. The molecule has 0 aliphatic carbocycles. The van der Waals surface area contributed by atoms with Crippen LogP contribution < -0.4 is 5.32 Å². The molecular weight excluding hydrogens is 190 g/mol. The molecule has 0 saturated heterocycles. The van der Waals surface area contributed by atoms with Gasteiger partial charge in [-0.1, -0.05) is 20.8 Å². The number of rotatable bonds is 6. The first-order chi connectivity index (χ1) is 6.97. The van der Waals surface area contributed by atoms with Crippen LogP contribution in [0, 0.1) is 0 Å². The summed E-state index contributed by atoms with van der Waals surface area (Å²) in [5.74, 6) is -0.711. The summed E-state index contributed by atoms with van der Waals surface area (Å²) >= 11 is 0. The molecule has 0 aromatic rings. The van der Waals surface area contributed by atoms with Gasteiger partial charge in [0, 0.05) is 18.5 Å². The molecule has 0 radical (unpaired) electrons. The highest BCUT2D eigenvalue weighted by molar-refractivity contribution is 5.66. The molecule has 0 amide bonds. The first-order valence-corrected chi connectivity index (χ1v) is 5.95. The van der Waals surface area contributed by atoms with Gasteiger partial charge in [0.15, 0.2) is 0 Å². The van der Waals surface area contributed by atoms with E-state index in [0.29, 0.717) is 18.5 Å². The molecule has 0 bridgehead atoms. The predicted octanol–water partition coefficient (Wildman–Crippen LogP) is 3.04. The minimum absolute atomic E-state index is 0.292. The van der Waals surface area contributed by atoms with Gasteiger partial charge in [-0.05, 0) is 33.1 Å². The van der Waals surface area contributed by atoms with Crippen molar-refractivity contribution < 1.29 is 9.90 Å². The second-order valence-electron chi connectivity index (χ2n) is 3.93. The second kappa shape index (κ2) is 11.5. The molecule has 3 nitrogen and oxygen atoms in total. The molecule has 0 aliphatic heterocycles. The summed E-state index contributed by atoms with van der Waals surface area (Å²) in [7, 11) is 0. The van der Waals surface area contributed by atoms with Gasteiger partial charge in [-0.2, -0.15) is 0 Å². The third-order valence-electron chi connectivity index (χ3n) is 2.26. The first-order valence-electron chi connectivity index (χ1n) is 5.95. The summed E-state index contributed by atoms with van der Waals surface area (Å²) in [5.41, 5.74) is 0. The molecule has 0 saturated carbocycles. The van der Waals surface area contributed by atoms with Crippen LogP contribution in [-0.2, 0) is 4.79 Å². The lowest BCUT2D eigenvalue weighted by molar-refractivity contribution is -0.137. The van der Waals surface area contributed by atoms with Crippen molar-refractivity contribution in [3.8, 4) is 0 Å². The van der Waals surface area contributed by atoms with Gasteiger partial charge in [0.1, 0.15) is 0 Å². The first kappa shape index (κ1) is 16.8. The normalized spacial score (nSPS) is 13.7. The Labute approximate surface area is 94.3 Å². The van der Waals surface area contributed by atoms with Crippen LogP contribution in [-0.4, -0.2) is 23.2 Å². The summed E-state index contributed by atoms with van der Waals surface area (Å²) in [4.78, 5) is 9.60. The Morgan fingerprint density at radius 3 is 1.67 bits per heavy atom. The van der Waals surface area contributed by atoms with Gasteiger partial charge in [-0.25, -0.2) is 0 Å². The zero-order valence-electron chi connectivity index (χ0n) is 10.8. The minimum atomic E-state index is -0.711. The van der Waals surface area contributed by atoms with E-state index >= 15 is 0 Å². The third-order valence-corrected chi connectivity index (χ3v) is 2.26. The summed E-state index contributed by atoms with van der Waals surface area (Å²) < 4.78 is 0. The quantitative estimate of drug-likeness (QED) is 0.719. The van der Waals surface area contributed by atoms with Crippen LogP contribution in [0.25, 0.3) is 0 Å². The zero-order valence-corrected chi connectivity index (χ0v) is 10.8. The van der Waals surface area contributed by atoms with Gasteiger partial charge >= 0.3 is 5.97 Å². The molecule has 92 valence electrons. The van der Waals surface area contributed by atoms with Gasteiger partial charge in [0.05, 0.1) is 0 Å². The Morgan fingerprint density at radius 2 is 1.53 bits per heavy atom. The average Bonchev–Trinajstić information content (AvgIpc) is 2.18. The molecule has 0 aliphatic rings. The molecule has 3 heteroatoms. The van der Waals surface area contributed by atoms with Crippen LogP contribution in [0.15, 0.2) is 0 Å². The smallest absolute Gasteiger partial charge is 0.303 e. The number of hydrogen-bond donors (Lipinski definition) is 2. The fourth-order valence-corrected chi connectivity index (χ4v) is 0.935. The summed E-state index contributed by atoms with van der Waals surface area (Å²) in [6.45, 7) is 10.7. The standard InChI is InChI=1S/C8H19N.C4H8O2/c1-5-7(3)9-8(4)6-2;1-2-3-4(5)6/h7-9H,5-6H2,1-4H3;2-3H2,1H3,(H,5,6). The van der Waals surface area contributed by atoms with Gasteiger partial charge < -0.3 is 10.4 Å². The van der Waals surface area contributed by atoms with Gasteiger partial charge in [0.25, 0.3) is 0 Å². The number of nitrogens with one attached hydrogen (secondary N) is 1. The van der Waals surface area contributed by atoms with Gasteiger partial charge in [-0.3, -0.25) is 4.79 Å². The lowest BCUT2D eigenvalue weighted by Gasteiger charge is -2.16. The molecule has 15 heavy (non-hydrogen) atoms. The van der Waals surface area contributed by atoms with Crippen LogP contribution in [0.4, 0.5) is 0 Å². The van der Waals surface area contributed by atoms with E-state index in [-0.39, 0.29) is 0 Å². The Bertz CT molecular complexity index is 141. The largest absolute Gasteiger partial charge is 0.481 e. The molecule has 2 unspecified atom stereocenters. The van der Waals surface area contributed by atoms with Crippen molar-refractivity contribution in [3.63, 3.8) is 0 Å². The molecule has 0 rings (SSSR count). The van der Waals surface area contributed by atoms with E-state index in [1.165, 1.54) is 12.8 Å². The van der Waals surface area contributed by atoms with Crippen molar-refractivity contribution >= 4 is 5.97 Å². The Balaban J connectivity index is 0. The van der Waals surface area contributed by atoms with E-state index in [2.05, 4.69) is 33.0 Å². The van der Waals surface area contributed by atoms with Gasteiger partial charge in [-0.15, -0.1) is 0 Å². The maximum Gasteiger partial charge on any atom is 0.303 e. The highest BCUT2D eigenvalue weighted by atomic mass is 16.4. The summed E-state index contributed by atoms with van der Waals surface area (Å²) in [5, 5.41) is 11.4. The number of hydrogen-bond acceptors (Lipinski definition) is 2. The average molecular weight is 217 g/mol. The molecule has 0 spiro atoms. The predicted molar refractivity (Wildman–Crippen MR) is 65.2 cm³/mol. The lowest BCUT2D eigenvalue weighted by Crippen LogP contribution is -2.33. The maximum atomic E-state index is 9.60. The van der Waals surface area contributed by atoms with Crippen LogP contribution >= 0.6 is 0 Å². The summed E-state index contributed by atoms with van der Waals surface area (Å²) in [6, 6.07) is 1.36. The molecule has 0 fully saturated rings. The van der Waals surface area contributed by atoms with Crippen LogP contribution in [0.3, 0.4) is 0 Å². The van der Waals surface area contributed by atoms with E-state index < -0.39 is 5.97 Å².